The molecule has 0 aromatic rings. The fourth-order valence-electron chi connectivity index (χ4n) is 6.47. The zero-order chi connectivity index (χ0) is 15.7. The lowest BCUT2D eigenvalue weighted by molar-refractivity contribution is -0.124. The van der Waals surface area contributed by atoms with Crippen LogP contribution in [-0.4, -0.2) is 22.4 Å². The Hall–Kier alpha value is -0.800. The van der Waals surface area contributed by atoms with Crippen LogP contribution in [0.15, 0.2) is 24.0 Å². The van der Waals surface area contributed by atoms with Gasteiger partial charge in [-0.1, -0.05) is 19.9 Å². The third-order valence-corrected chi connectivity index (χ3v) is 7.93. The summed E-state index contributed by atoms with van der Waals surface area (Å²) in [5.41, 5.74) is 6.72. The molecule has 4 rings (SSSR count). The number of rotatable bonds is 0. The smallest absolute Gasteiger partial charge is 0.111 e. The fourth-order valence-corrected chi connectivity index (χ4v) is 6.47. The zero-order valence-electron chi connectivity index (χ0n) is 13.7. The molecular weight excluding hydrogens is 274 g/mol. The second-order valence-electron chi connectivity index (χ2n) is 8.72. The van der Waals surface area contributed by atoms with Crippen molar-refractivity contribution in [1.82, 2.24) is 0 Å². The van der Waals surface area contributed by atoms with Crippen LogP contribution in [0.5, 0.6) is 0 Å². The topological polar surface area (TPSA) is 66.5 Å². The van der Waals surface area contributed by atoms with Crippen LogP contribution in [-0.2, 0) is 0 Å². The van der Waals surface area contributed by atoms with Gasteiger partial charge >= 0.3 is 0 Å². The van der Waals surface area contributed by atoms with Crippen LogP contribution >= 0.6 is 0 Å². The van der Waals surface area contributed by atoms with Crippen LogP contribution < -0.4 is 5.73 Å². The highest BCUT2D eigenvalue weighted by Gasteiger charge is 2.60. The van der Waals surface area contributed by atoms with E-state index in [9.17, 15) is 10.2 Å². The van der Waals surface area contributed by atoms with Gasteiger partial charge in [-0.25, -0.2) is 0 Å². The van der Waals surface area contributed by atoms with Crippen molar-refractivity contribution in [3.8, 4) is 0 Å². The maximum absolute atomic E-state index is 10.9. The molecule has 4 N–H and O–H groups in total. The van der Waals surface area contributed by atoms with E-state index in [1.807, 2.05) is 12.2 Å². The highest BCUT2D eigenvalue weighted by molar-refractivity contribution is 5.27. The van der Waals surface area contributed by atoms with Crippen molar-refractivity contribution in [3.63, 3.8) is 0 Å². The first-order valence-corrected chi connectivity index (χ1v) is 8.90. The lowest BCUT2D eigenvalue weighted by Crippen LogP contribution is -2.57. The van der Waals surface area contributed by atoms with E-state index in [4.69, 9.17) is 5.73 Å². The van der Waals surface area contributed by atoms with E-state index in [-0.39, 0.29) is 22.9 Å². The molecule has 3 heteroatoms. The summed E-state index contributed by atoms with van der Waals surface area (Å²) in [6, 6.07) is 0.294. The van der Waals surface area contributed by atoms with Gasteiger partial charge in [0.25, 0.3) is 0 Å². The van der Waals surface area contributed by atoms with E-state index in [0.717, 1.165) is 19.3 Å². The maximum atomic E-state index is 10.9. The number of aliphatic hydroxyl groups is 2. The predicted molar refractivity (Wildman–Crippen MR) is 87.1 cm³/mol. The Morgan fingerprint density at radius 3 is 2.73 bits per heavy atom. The summed E-state index contributed by atoms with van der Waals surface area (Å²) < 4.78 is 0. The van der Waals surface area contributed by atoms with E-state index in [2.05, 4.69) is 19.9 Å². The van der Waals surface area contributed by atoms with Crippen molar-refractivity contribution in [2.45, 2.75) is 58.1 Å². The van der Waals surface area contributed by atoms with Crippen LogP contribution in [0.3, 0.4) is 0 Å². The molecular formula is C19H29NO2. The molecule has 0 radical (unpaired) electrons. The molecule has 3 nitrogen and oxygen atoms in total. The minimum atomic E-state index is -0.256. The molecule has 4 aliphatic rings. The van der Waals surface area contributed by atoms with E-state index in [1.165, 1.54) is 12.8 Å². The number of hydrogen-bond donors (Lipinski definition) is 3. The van der Waals surface area contributed by atoms with Crippen molar-refractivity contribution >= 4 is 0 Å². The first kappa shape index (κ1) is 14.8. The lowest BCUT2D eigenvalue weighted by atomic mass is 9.46. The average molecular weight is 303 g/mol. The Kier molecular flexibility index (Phi) is 3.09. The van der Waals surface area contributed by atoms with Gasteiger partial charge in [0.05, 0.1) is 6.10 Å². The van der Waals surface area contributed by atoms with E-state index < -0.39 is 0 Å². The van der Waals surface area contributed by atoms with Gasteiger partial charge in [-0.3, -0.25) is 0 Å². The Morgan fingerprint density at radius 1 is 1.18 bits per heavy atom. The summed E-state index contributed by atoms with van der Waals surface area (Å²) >= 11 is 0. The summed E-state index contributed by atoms with van der Waals surface area (Å²) in [4.78, 5) is 0. The highest BCUT2D eigenvalue weighted by atomic mass is 16.3. The largest absolute Gasteiger partial charge is 0.508 e. The fraction of sp³-hybridized carbons (Fsp3) is 0.789. The summed E-state index contributed by atoms with van der Waals surface area (Å²) in [5.74, 6) is 2.05. The molecule has 3 fully saturated rings. The molecule has 0 amide bonds. The molecule has 0 saturated heterocycles. The first-order valence-electron chi connectivity index (χ1n) is 8.90. The molecule has 3 saturated carbocycles. The zero-order valence-corrected chi connectivity index (χ0v) is 13.7. The van der Waals surface area contributed by atoms with E-state index in [0.29, 0.717) is 29.6 Å². The molecule has 0 bridgehead atoms. The summed E-state index contributed by atoms with van der Waals surface area (Å²) in [5, 5.41) is 20.8. The third-order valence-electron chi connectivity index (χ3n) is 7.93. The van der Waals surface area contributed by atoms with Crippen LogP contribution in [0.4, 0.5) is 0 Å². The van der Waals surface area contributed by atoms with E-state index in [1.54, 1.807) is 0 Å². The number of allylic oxidation sites excluding steroid dienone is 3. The molecule has 122 valence electrons. The molecule has 8 atom stereocenters. The van der Waals surface area contributed by atoms with Gasteiger partial charge in [0, 0.05) is 6.04 Å². The second-order valence-corrected chi connectivity index (χ2v) is 8.72. The standard InChI is InChI=1S/C19H29NO2/c1-18-7-5-12(21)9-11(18)10-15(22)17-13-3-4-16(20)19(13,2)8-6-14(17)18/h5,7,9,11,13-17,21-22H,3-4,6,8,10,20H2,1-2H3/t11-,13-,14-,15-,16-,17-,18-,19-/m0/s1. The highest BCUT2D eigenvalue weighted by Crippen LogP contribution is 2.64. The first-order chi connectivity index (χ1) is 10.4. The van der Waals surface area contributed by atoms with Gasteiger partial charge in [0.1, 0.15) is 5.76 Å². The number of nitrogens with two attached hydrogens (primary N) is 1. The lowest BCUT2D eigenvalue weighted by Gasteiger charge is -2.59. The van der Waals surface area contributed by atoms with Crippen molar-refractivity contribution in [2.75, 3.05) is 0 Å². The summed E-state index contributed by atoms with van der Waals surface area (Å²) in [7, 11) is 0. The van der Waals surface area contributed by atoms with Gasteiger partial charge in [-0.2, -0.15) is 0 Å². The van der Waals surface area contributed by atoms with Crippen molar-refractivity contribution in [1.29, 1.82) is 0 Å². The van der Waals surface area contributed by atoms with Gasteiger partial charge in [0.2, 0.25) is 0 Å². The molecule has 0 aliphatic heterocycles. The predicted octanol–water partition coefficient (Wildman–Crippen LogP) is 3.16. The Labute approximate surface area is 133 Å². The molecule has 4 aliphatic carbocycles. The minimum absolute atomic E-state index is 0.0736. The van der Waals surface area contributed by atoms with Crippen molar-refractivity contribution in [2.24, 2.45) is 40.2 Å². The minimum Gasteiger partial charge on any atom is -0.508 e. The molecule has 0 aromatic carbocycles. The van der Waals surface area contributed by atoms with E-state index >= 15 is 0 Å². The summed E-state index contributed by atoms with van der Waals surface area (Å²) in [6.45, 7) is 4.69. The number of aliphatic hydroxyl groups excluding tert-OH is 2. The molecule has 0 unspecified atom stereocenters. The van der Waals surface area contributed by atoms with Gasteiger partial charge < -0.3 is 15.9 Å². The normalized spacial score (nSPS) is 56.8. The summed E-state index contributed by atoms with van der Waals surface area (Å²) in [6.07, 6.45) is 11.2. The van der Waals surface area contributed by atoms with Gasteiger partial charge in [-0.15, -0.1) is 0 Å². The van der Waals surface area contributed by atoms with Crippen LogP contribution in [0.2, 0.25) is 0 Å². The van der Waals surface area contributed by atoms with Crippen LogP contribution in [0.1, 0.15) is 46.0 Å². The van der Waals surface area contributed by atoms with Crippen molar-refractivity contribution in [3.05, 3.63) is 24.0 Å². The SMILES string of the molecule is C[C@]12C=CC(O)=C[C@H]1C[C@H](O)[C@@H]1[C@@H]2CC[C@]2(C)[C@@H](N)CC[C@@H]12. The Morgan fingerprint density at radius 2 is 1.95 bits per heavy atom. The molecule has 0 heterocycles. The molecule has 22 heavy (non-hydrogen) atoms. The Bertz CT molecular complexity index is 542. The average Bonchev–Trinajstić information content (AvgIpc) is 2.77. The molecule has 0 spiro atoms. The van der Waals surface area contributed by atoms with Crippen molar-refractivity contribution < 1.29 is 10.2 Å². The molecule has 0 aromatic heterocycles. The Balaban J connectivity index is 1.72. The van der Waals surface area contributed by atoms with Gasteiger partial charge in [-0.05, 0) is 78.8 Å². The number of fused-ring (bicyclic) bond motifs is 5. The quantitative estimate of drug-likeness (QED) is 0.644. The third kappa shape index (κ3) is 1.75. The van der Waals surface area contributed by atoms with Crippen LogP contribution in [0.25, 0.3) is 0 Å². The monoisotopic (exact) mass is 303 g/mol. The second kappa shape index (κ2) is 4.61. The van der Waals surface area contributed by atoms with Crippen LogP contribution in [0, 0.1) is 34.5 Å². The number of hydrogen-bond acceptors (Lipinski definition) is 3. The van der Waals surface area contributed by atoms with Gasteiger partial charge in [0.15, 0.2) is 0 Å². The maximum Gasteiger partial charge on any atom is 0.111 e.